The van der Waals surface area contributed by atoms with E-state index in [-0.39, 0.29) is 5.97 Å². The molecule has 3 nitrogen and oxygen atoms in total. The molecule has 0 heterocycles. The first-order chi connectivity index (χ1) is 11.8. The molecule has 0 aliphatic heterocycles. The summed E-state index contributed by atoms with van der Waals surface area (Å²) in [6, 6.07) is 12.2. The quantitative estimate of drug-likeness (QED) is 0.520. The fraction of sp³-hybridized carbons (Fsp3) is 0.409. The van der Waals surface area contributed by atoms with E-state index >= 15 is 0 Å². The minimum Gasteiger partial charge on any atom is -0.497 e. The van der Waals surface area contributed by atoms with E-state index in [0.717, 1.165) is 17.7 Å². The first-order valence-electron chi connectivity index (χ1n) is 8.75. The predicted octanol–water partition coefficient (Wildman–Crippen LogP) is 5.42. The third-order valence-electron chi connectivity index (χ3n) is 4.44. The van der Waals surface area contributed by atoms with Crippen LogP contribution in [-0.2, 0) is 4.79 Å². The van der Waals surface area contributed by atoms with E-state index in [2.05, 4.69) is 45.9 Å². The van der Waals surface area contributed by atoms with Crippen molar-refractivity contribution in [3.05, 3.63) is 58.7 Å². The lowest BCUT2D eigenvalue weighted by molar-refractivity contribution is -0.131. The summed E-state index contributed by atoms with van der Waals surface area (Å²) in [6.45, 7) is 10.1. The van der Waals surface area contributed by atoms with Gasteiger partial charge in [0, 0.05) is 12.8 Å². The molecule has 0 aliphatic carbocycles. The number of benzene rings is 2. The van der Waals surface area contributed by atoms with E-state index in [1.807, 2.05) is 18.2 Å². The number of methoxy groups -OCH3 is 1. The van der Waals surface area contributed by atoms with E-state index in [1.165, 1.54) is 23.6 Å². The highest BCUT2D eigenvalue weighted by molar-refractivity contribution is 5.69. The highest BCUT2D eigenvalue weighted by Crippen LogP contribution is 2.37. The standard InChI is InChI=1S/C22H28O3/c1-14(2)11-22(20-9-7-18(24-6)12-15(20)3)21-10-8-19(13-16(21)4)25-17(5)23/h7-10,12-14,22H,11H2,1-6H3. The first-order valence-corrected chi connectivity index (χ1v) is 8.75. The molecule has 134 valence electrons. The highest BCUT2D eigenvalue weighted by atomic mass is 16.5. The van der Waals surface area contributed by atoms with Gasteiger partial charge in [0.25, 0.3) is 0 Å². The van der Waals surface area contributed by atoms with Crippen molar-refractivity contribution in [3.8, 4) is 11.5 Å². The van der Waals surface area contributed by atoms with Gasteiger partial charge < -0.3 is 9.47 Å². The van der Waals surface area contributed by atoms with Crippen molar-refractivity contribution < 1.29 is 14.3 Å². The Morgan fingerprint density at radius 3 is 1.92 bits per heavy atom. The van der Waals surface area contributed by atoms with Crippen molar-refractivity contribution in [2.24, 2.45) is 5.92 Å². The van der Waals surface area contributed by atoms with Crippen LogP contribution in [0, 0.1) is 19.8 Å². The summed E-state index contributed by atoms with van der Waals surface area (Å²) < 4.78 is 10.6. The average Bonchev–Trinajstić information content (AvgIpc) is 2.52. The Morgan fingerprint density at radius 2 is 1.48 bits per heavy atom. The Kier molecular flexibility index (Phi) is 6.24. The molecule has 2 aromatic carbocycles. The lowest BCUT2D eigenvalue weighted by atomic mass is 9.81. The number of hydrogen-bond acceptors (Lipinski definition) is 3. The molecular weight excluding hydrogens is 312 g/mol. The largest absolute Gasteiger partial charge is 0.497 e. The predicted molar refractivity (Wildman–Crippen MR) is 102 cm³/mol. The van der Waals surface area contributed by atoms with E-state index in [1.54, 1.807) is 7.11 Å². The molecular formula is C22H28O3. The van der Waals surface area contributed by atoms with E-state index in [0.29, 0.717) is 17.6 Å². The molecule has 25 heavy (non-hydrogen) atoms. The van der Waals surface area contributed by atoms with Gasteiger partial charge in [0.2, 0.25) is 0 Å². The number of carbonyl (C=O) groups is 1. The molecule has 2 rings (SSSR count). The zero-order valence-corrected chi connectivity index (χ0v) is 16.1. The van der Waals surface area contributed by atoms with Crippen molar-refractivity contribution in [2.75, 3.05) is 7.11 Å². The Hall–Kier alpha value is -2.29. The van der Waals surface area contributed by atoms with Crippen LogP contribution in [0.15, 0.2) is 36.4 Å². The third kappa shape index (κ3) is 4.85. The molecule has 0 spiro atoms. The maximum atomic E-state index is 11.2. The molecule has 0 bridgehead atoms. The van der Waals surface area contributed by atoms with Gasteiger partial charge in [0.05, 0.1) is 7.11 Å². The number of hydrogen-bond donors (Lipinski definition) is 0. The van der Waals surface area contributed by atoms with Crippen LogP contribution < -0.4 is 9.47 Å². The van der Waals surface area contributed by atoms with Gasteiger partial charge in [0.1, 0.15) is 11.5 Å². The average molecular weight is 340 g/mol. The topological polar surface area (TPSA) is 35.5 Å². The molecule has 0 N–H and O–H groups in total. The van der Waals surface area contributed by atoms with Crippen LogP contribution in [0.3, 0.4) is 0 Å². The summed E-state index contributed by atoms with van der Waals surface area (Å²) in [7, 11) is 1.69. The van der Waals surface area contributed by atoms with Crippen LogP contribution in [0.25, 0.3) is 0 Å². The van der Waals surface area contributed by atoms with E-state index in [9.17, 15) is 4.79 Å². The summed E-state index contributed by atoms with van der Waals surface area (Å²) in [6.07, 6.45) is 1.06. The van der Waals surface area contributed by atoms with Gasteiger partial charge in [-0.2, -0.15) is 0 Å². The van der Waals surface area contributed by atoms with Gasteiger partial charge in [-0.05, 0) is 72.7 Å². The van der Waals surface area contributed by atoms with Crippen molar-refractivity contribution in [2.45, 2.75) is 47.0 Å². The van der Waals surface area contributed by atoms with Crippen LogP contribution in [0.2, 0.25) is 0 Å². The molecule has 1 unspecified atom stereocenters. The summed E-state index contributed by atoms with van der Waals surface area (Å²) in [5, 5.41) is 0. The van der Waals surface area contributed by atoms with Crippen molar-refractivity contribution >= 4 is 5.97 Å². The monoisotopic (exact) mass is 340 g/mol. The summed E-state index contributed by atoms with van der Waals surface area (Å²) >= 11 is 0. The highest BCUT2D eigenvalue weighted by Gasteiger charge is 2.20. The minimum atomic E-state index is -0.295. The van der Waals surface area contributed by atoms with Crippen molar-refractivity contribution in [3.63, 3.8) is 0 Å². The SMILES string of the molecule is COc1ccc(C(CC(C)C)c2ccc(OC(C)=O)cc2C)c(C)c1. The summed E-state index contributed by atoms with van der Waals surface area (Å²) in [5.41, 5.74) is 4.96. The van der Waals surface area contributed by atoms with Crippen LogP contribution in [0.4, 0.5) is 0 Å². The Bertz CT molecular complexity index is 747. The number of ether oxygens (including phenoxy) is 2. The second-order valence-electron chi connectivity index (χ2n) is 7.02. The third-order valence-corrected chi connectivity index (χ3v) is 4.44. The van der Waals surface area contributed by atoms with Crippen molar-refractivity contribution in [1.82, 2.24) is 0 Å². The van der Waals surface area contributed by atoms with Gasteiger partial charge in [0.15, 0.2) is 0 Å². The maximum Gasteiger partial charge on any atom is 0.308 e. The smallest absolute Gasteiger partial charge is 0.308 e. The molecule has 3 heteroatoms. The molecule has 0 amide bonds. The van der Waals surface area contributed by atoms with Crippen LogP contribution >= 0.6 is 0 Å². The molecule has 1 atom stereocenters. The minimum absolute atomic E-state index is 0.295. The van der Waals surface area contributed by atoms with E-state index in [4.69, 9.17) is 9.47 Å². The zero-order chi connectivity index (χ0) is 18.6. The Labute approximate surface area is 151 Å². The normalized spacial score (nSPS) is 12.1. The zero-order valence-electron chi connectivity index (χ0n) is 16.1. The van der Waals surface area contributed by atoms with Gasteiger partial charge in [-0.15, -0.1) is 0 Å². The van der Waals surface area contributed by atoms with Crippen LogP contribution in [-0.4, -0.2) is 13.1 Å². The molecule has 0 aromatic heterocycles. The lowest BCUT2D eigenvalue weighted by Gasteiger charge is -2.24. The molecule has 0 aliphatic rings. The Morgan fingerprint density at radius 1 is 0.960 bits per heavy atom. The number of rotatable bonds is 6. The summed E-state index contributed by atoms with van der Waals surface area (Å²) in [4.78, 5) is 11.2. The van der Waals surface area contributed by atoms with Crippen molar-refractivity contribution in [1.29, 1.82) is 0 Å². The van der Waals surface area contributed by atoms with E-state index < -0.39 is 0 Å². The second-order valence-corrected chi connectivity index (χ2v) is 7.02. The van der Waals surface area contributed by atoms with Gasteiger partial charge in [-0.25, -0.2) is 0 Å². The molecule has 0 radical (unpaired) electrons. The van der Waals surface area contributed by atoms with Gasteiger partial charge >= 0.3 is 5.97 Å². The maximum absolute atomic E-state index is 11.2. The fourth-order valence-electron chi connectivity index (χ4n) is 3.33. The number of aryl methyl sites for hydroxylation is 2. The van der Waals surface area contributed by atoms with Crippen LogP contribution in [0.1, 0.15) is 55.4 Å². The number of esters is 1. The molecule has 0 saturated carbocycles. The fourth-order valence-corrected chi connectivity index (χ4v) is 3.33. The molecule has 0 saturated heterocycles. The van der Waals surface area contributed by atoms with Gasteiger partial charge in [-0.3, -0.25) is 4.79 Å². The summed E-state index contributed by atoms with van der Waals surface area (Å²) in [5.74, 6) is 2.06. The number of carbonyl (C=O) groups excluding carboxylic acids is 1. The van der Waals surface area contributed by atoms with Gasteiger partial charge in [-0.1, -0.05) is 26.0 Å². The first kappa shape index (κ1) is 19.0. The Balaban J connectivity index is 2.46. The second kappa shape index (κ2) is 8.19. The lowest BCUT2D eigenvalue weighted by Crippen LogP contribution is -2.09. The molecule has 0 fully saturated rings. The van der Waals surface area contributed by atoms with Crippen LogP contribution in [0.5, 0.6) is 11.5 Å². The molecule has 2 aromatic rings.